The van der Waals surface area contributed by atoms with Crippen molar-refractivity contribution in [2.24, 2.45) is 0 Å². The van der Waals surface area contributed by atoms with Crippen molar-refractivity contribution < 1.29 is 22.4 Å². The summed E-state index contributed by atoms with van der Waals surface area (Å²) in [6.07, 6.45) is -2.90. The van der Waals surface area contributed by atoms with Gasteiger partial charge in [0.15, 0.2) is 5.84 Å². The van der Waals surface area contributed by atoms with Gasteiger partial charge in [-0.05, 0) is 42.5 Å². The molecular formula is C19H18F4N4O. The fraction of sp³-hybridized carbons (Fsp3) is 0.316. The molecule has 0 spiro atoms. The number of pyridine rings is 1. The SMILES string of the molecule is N=C(C(=O)N1CCC(c2ccccc2C(F)(F)F)CC1)n1cc(F)ccc1=N. The Labute approximate surface area is 158 Å². The van der Waals surface area contributed by atoms with Gasteiger partial charge in [-0.25, -0.2) is 4.39 Å². The molecule has 0 unspecified atom stereocenters. The summed E-state index contributed by atoms with van der Waals surface area (Å²) < 4.78 is 53.9. The van der Waals surface area contributed by atoms with Crippen LogP contribution in [0, 0.1) is 16.6 Å². The Kier molecular flexibility index (Phi) is 5.35. The Morgan fingerprint density at radius 3 is 2.36 bits per heavy atom. The van der Waals surface area contributed by atoms with Crippen LogP contribution in [-0.4, -0.2) is 34.3 Å². The number of nitrogens with one attached hydrogen (secondary N) is 2. The van der Waals surface area contributed by atoms with E-state index in [9.17, 15) is 22.4 Å². The molecule has 9 heteroatoms. The minimum atomic E-state index is -4.44. The third kappa shape index (κ3) is 3.97. The second-order valence-corrected chi connectivity index (χ2v) is 6.60. The summed E-state index contributed by atoms with van der Waals surface area (Å²) in [7, 11) is 0. The van der Waals surface area contributed by atoms with Gasteiger partial charge >= 0.3 is 6.18 Å². The normalized spacial score (nSPS) is 15.5. The second kappa shape index (κ2) is 7.57. The molecule has 3 rings (SSSR count). The van der Waals surface area contributed by atoms with Crippen molar-refractivity contribution in [3.8, 4) is 0 Å². The van der Waals surface area contributed by atoms with Gasteiger partial charge in [0.25, 0.3) is 5.91 Å². The molecule has 0 bridgehead atoms. The van der Waals surface area contributed by atoms with Crippen molar-refractivity contribution in [2.75, 3.05) is 13.1 Å². The fourth-order valence-corrected chi connectivity index (χ4v) is 3.42. The number of benzene rings is 1. The number of carbonyl (C=O) groups is 1. The van der Waals surface area contributed by atoms with Gasteiger partial charge in [-0.3, -0.25) is 20.2 Å². The number of rotatable bonds is 1. The van der Waals surface area contributed by atoms with Crippen LogP contribution in [0.1, 0.15) is 29.9 Å². The molecule has 2 N–H and O–H groups in total. The Balaban J connectivity index is 1.72. The van der Waals surface area contributed by atoms with Crippen LogP contribution in [0.2, 0.25) is 0 Å². The molecule has 1 aliphatic heterocycles. The van der Waals surface area contributed by atoms with E-state index >= 15 is 0 Å². The van der Waals surface area contributed by atoms with Crippen molar-refractivity contribution in [2.45, 2.75) is 24.9 Å². The smallest absolute Gasteiger partial charge is 0.336 e. The topological polar surface area (TPSA) is 72.9 Å². The van der Waals surface area contributed by atoms with E-state index in [2.05, 4.69) is 0 Å². The molecule has 1 saturated heterocycles. The molecule has 1 fully saturated rings. The van der Waals surface area contributed by atoms with Gasteiger partial charge in [0.1, 0.15) is 11.3 Å². The van der Waals surface area contributed by atoms with Crippen LogP contribution in [0.5, 0.6) is 0 Å². The molecule has 1 aromatic heterocycles. The zero-order valence-electron chi connectivity index (χ0n) is 14.8. The number of hydrogen-bond donors (Lipinski definition) is 2. The number of hydrogen-bond acceptors (Lipinski definition) is 3. The Bertz CT molecular complexity index is 959. The summed E-state index contributed by atoms with van der Waals surface area (Å²) in [5.74, 6) is -2.29. The van der Waals surface area contributed by atoms with Gasteiger partial charge in [-0.15, -0.1) is 0 Å². The summed E-state index contributed by atoms with van der Waals surface area (Å²) in [4.78, 5) is 13.9. The predicted molar refractivity (Wildman–Crippen MR) is 93.4 cm³/mol. The number of aromatic nitrogens is 1. The lowest BCUT2D eigenvalue weighted by Gasteiger charge is -2.33. The Hall–Kier alpha value is -2.97. The first kappa shape index (κ1) is 19.8. The second-order valence-electron chi connectivity index (χ2n) is 6.60. The van der Waals surface area contributed by atoms with Crippen molar-refractivity contribution in [1.29, 1.82) is 10.8 Å². The number of halogens is 4. The van der Waals surface area contributed by atoms with Crippen LogP contribution in [0.3, 0.4) is 0 Å². The van der Waals surface area contributed by atoms with Crippen LogP contribution in [-0.2, 0) is 11.0 Å². The van der Waals surface area contributed by atoms with Gasteiger partial charge in [0.2, 0.25) is 0 Å². The first-order valence-electron chi connectivity index (χ1n) is 8.65. The molecule has 1 aromatic carbocycles. The molecule has 0 saturated carbocycles. The molecule has 0 radical (unpaired) electrons. The monoisotopic (exact) mass is 394 g/mol. The van der Waals surface area contributed by atoms with Gasteiger partial charge < -0.3 is 4.90 Å². The third-order valence-corrected chi connectivity index (χ3v) is 4.84. The van der Waals surface area contributed by atoms with Crippen LogP contribution in [0.15, 0.2) is 42.6 Å². The van der Waals surface area contributed by atoms with Gasteiger partial charge in [-0.1, -0.05) is 18.2 Å². The number of amides is 1. The molecule has 0 aliphatic carbocycles. The van der Waals surface area contributed by atoms with E-state index in [0.717, 1.165) is 29.0 Å². The standard InChI is InChI=1S/C19H18F4N4O/c20-13-5-6-16(24)27(11-13)17(25)18(28)26-9-7-12(8-10-26)14-3-1-2-4-15(14)19(21,22)23/h1-6,11-12,24-25H,7-10H2. The summed E-state index contributed by atoms with van der Waals surface area (Å²) in [5.41, 5.74) is -0.666. The zero-order valence-corrected chi connectivity index (χ0v) is 14.8. The zero-order chi connectivity index (χ0) is 20.5. The van der Waals surface area contributed by atoms with Crippen LogP contribution in [0.4, 0.5) is 17.6 Å². The van der Waals surface area contributed by atoms with E-state index in [1.165, 1.54) is 17.0 Å². The summed E-state index contributed by atoms with van der Waals surface area (Å²) in [6.45, 7) is 0.364. The van der Waals surface area contributed by atoms with Crippen molar-refractivity contribution >= 4 is 11.7 Å². The minimum Gasteiger partial charge on any atom is -0.336 e. The van der Waals surface area contributed by atoms with Gasteiger partial charge in [0, 0.05) is 19.3 Å². The molecule has 5 nitrogen and oxygen atoms in total. The number of likely N-dealkylation sites (tertiary alicyclic amines) is 1. The Morgan fingerprint density at radius 1 is 1.07 bits per heavy atom. The third-order valence-electron chi connectivity index (χ3n) is 4.84. The molecule has 1 aliphatic rings. The molecule has 2 heterocycles. The largest absolute Gasteiger partial charge is 0.416 e. The maximum Gasteiger partial charge on any atom is 0.416 e. The highest BCUT2D eigenvalue weighted by Gasteiger charge is 2.36. The van der Waals surface area contributed by atoms with Gasteiger partial charge in [0.05, 0.1) is 5.56 Å². The fourth-order valence-electron chi connectivity index (χ4n) is 3.42. The molecule has 0 atom stereocenters. The Morgan fingerprint density at radius 2 is 1.71 bits per heavy atom. The maximum absolute atomic E-state index is 13.4. The van der Waals surface area contributed by atoms with E-state index < -0.39 is 29.3 Å². The molecular weight excluding hydrogens is 376 g/mol. The first-order chi connectivity index (χ1) is 13.2. The van der Waals surface area contributed by atoms with Gasteiger partial charge in [-0.2, -0.15) is 13.2 Å². The highest BCUT2D eigenvalue weighted by Crippen LogP contribution is 2.38. The van der Waals surface area contributed by atoms with Crippen molar-refractivity contribution in [3.05, 3.63) is 65.0 Å². The minimum absolute atomic E-state index is 0.182. The first-order valence-corrected chi connectivity index (χ1v) is 8.65. The lowest BCUT2D eigenvalue weighted by Crippen LogP contribution is -2.45. The van der Waals surface area contributed by atoms with Crippen LogP contribution in [0.25, 0.3) is 0 Å². The van der Waals surface area contributed by atoms with Crippen molar-refractivity contribution in [1.82, 2.24) is 9.47 Å². The molecule has 28 heavy (non-hydrogen) atoms. The molecule has 1 amide bonds. The number of piperidine rings is 1. The van der Waals surface area contributed by atoms with Crippen LogP contribution < -0.4 is 5.49 Å². The predicted octanol–water partition coefficient (Wildman–Crippen LogP) is 3.36. The summed E-state index contributed by atoms with van der Waals surface area (Å²) >= 11 is 0. The van der Waals surface area contributed by atoms with E-state index in [-0.39, 0.29) is 30.1 Å². The van der Waals surface area contributed by atoms with Crippen molar-refractivity contribution in [3.63, 3.8) is 0 Å². The number of nitrogens with zero attached hydrogens (tertiary/aromatic N) is 2. The van der Waals surface area contributed by atoms with E-state index in [0.29, 0.717) is 12.8 Å². The van der Waals surface area contributed by atoms with E-state index in [1.807, 2.05) is 0 Å². The number of alkyl halides is 3. The quantitative estimate of drug-likeness (QED) is 0.435. The highest BCUT2D eigenvalue weighted by atomic mass is 19.4. The number of carbonyl (C=O) groups excluding carboxylic acids is 1. The summed E-state index contributed by atoms with van der Waals surface area (Å²) in [5, 5.41) is 15.7. The van der Waals surface area contributed by atoms with Crippen LogP contribution >= 0.6 is 0 Å². The highest BCUT2D eigenvalue weighted by molar-refractivity contribution is 6.37. The van der Waals surface area contributed by atoms with E-state index in [4.69, 9.17) is 10.8 Å². The lowest BCUT2D eigenvalue weighted by atomic mass is 9.86. The average molecular weight is 394 g/mol. The summed E-state index contributed by atoms with van der Waals surface area (Å²) in [6, 6.07) is 7.62. The molecule has 148 valence electrons. The van der Waals surface area contributed by atoms with E-state index in [1.54, 1.807) is 6.07 Å². The lowest BCUT2D eigenvalue weighted by molar-refractivity contribution is -0.138. The molecule has 2 aromatic rings. The maximum atomic E-state index is 13.4. The average Bonchev–Trinajstić information content (AvgIpc) is 2.68.